The second-order valence-electron chi connectivity index (χ2n) is 3.85. The van der Waals surface area contributed by atoms with E-state index in [1.165, 1.54) is 5.75 Å². The molecule has 0 radical (unpaired) electrons. The highest BCUT2D eigenvalue weighted by Gasteiger charge is 2.27. The molecule has 94 valence electrons. The number of rotatable bonds is 2. The molecule has 0 bridgehead atoms. The Morgan fingerprint density at radius 3 is 2.71 bits per heavy atom. The van der Waals surface area contributed by atoms with Crippen LogP contribution in [0.4, 0.5) is 0 Å². The van der Waals surface area contributed by atoms with E-state index in [4.69, 9.17) is 11.6 Å². The lowest BCUT2D eigenvalue weighted by molar-refractivity contribution is 0.800. The van der Waals surface area contributed by atoms with Crippen LogP contribution in [0.3, 0.4) is 0 Å². The number of aryl methyl sites for hydroxylation is 1. The van der Waals surface area contributed by atoms with E-state index in [2.05, 4.69) is 39.7 Å². The van der Waals surface area contributed by atoms with Crippen molar-refractivity contribution < 1.29 is 0 Å². The molecule has 1 aliphatic rings. The predicted octanol–water partition coefficient (Wildman–Crippen LogP) is 4.36. The molecule has 1 saturated heterocycles. The molecule has 1 fully saturated rings. The first kappa shape index (κ1) is 14.0. The van der Waals surface area contributed by atoms with Crippen LogP contribution in [0.5, 0.6) is 0 Å². The molecule has 1 aromatic heterocycles. The summed E-state index contributed by atoms with van der Waals surface area (Å²) in [5, 5.41) is 1.45. The van der Waals surface area contributed by atoms with Crippen molar-refractivity contribution in [3.05, 3.63) is 21.1 Å². The van der Waals surface area contributed by atoms with E-state index in [1.54, 1.807) is 0 Å². The number of aromatic nitrogens is 2. The molecule has 0 saturated carbocycles. The van der Waals surface area contributed by atoms with Crippen molar-refractivity contribution in [1.29, 1.82) is 0 Å². The summed E-state index contributed by atoms with van der Waals surface area (Å²) < 4.78 is 0.839. The molecule has 6 heteroatoms. The molecule has 17 heavy (non-hydrogen) atoms. The van der Waals surface area contributed by atoms with Gasteiger partial charge in [0.25, 0.3) is 0 Å². The number of hydrogen-bond donors (Lipinski definition) is 0. The van der Waals surface area contributed by atoms with Crippen molar-refractivity contribution >= 4 is 51.1 Å². The van der Waals surface area contributed by atoms with E-state index in [0.717, 1.165) is 28.2 Å². The average Bonchev–Trinajstić information content (AvgIpc) is 2.33. The summed E-state index contributed by atoms with van der Waals surface area (Å²) in [6.45, 7) is 4.33. The molecule has 0 spiro atoms. The maximum atomic E-state index is 6.15. The monoisotopic (exact) mass is 352 g/mol. The van der Waals surface area contributed by atoms with Crippen LogP contribution in [0.25, 0.3) is 0 Å². The lowest BCUT2D eigenvalue weighted by Crippen LogP contribution is -2.19. The molecule has 0 amide bonds. The van der Waals surface area contributed by atoms with Crippen LogP contribution >= 0.6 is 51.1 Å². The third-order valence-corrected chi connectivity index (χ3v) is 7.10. The van der Waals surface area contributed by atoms with Gasteiger partial charge in [-0.2, -0.15) is 11.8 Å². The maximum Gasteiger partial charge on any atom is 0.147 e. The van der Waals surface area contributed by atoms with E-state index < -0.39 is 0 Å². The van der Waals surface area contributed by atoms with Crippen molar-refractivity contribution in [3.63, 3.8) is 0 Å². The molecule has 2 unspecified atom stereocenters. The van der Waals surface area contributed by atoms with Crippen molar-refractivity contribution in [3.8, 4) is 0 Å². The van der Waals surface area contributed by atoms with E-state index in [9.17, 15) is 0 Å². The van der Waals surface area contributed by atoms with Gasteiger partial charge in [-0.25, -0.2) is 9.97 Å². The van der Waals surface area contributed by atoms with Gasteiger partial charge in [0.05, 0.1) is 15.4 Å². The molecule has 2 atom stereocenters. The van der Waals surface area contributed by atoms with Crippen LogP contribution in [0.2, 0.25) is 5.15 Å². The van der Waals surface area contributed by atoms with E-state index in [-0.39, 0.29) is 0 Å². The molecule has 1 aliphatic heterocycles. The van der Waals surface area contributed by atoms with Gasteiger partial charge >= 0.3 is 0 Å². The van der Waals surface area contributed by atoms with Gasteiger partial charge in [-0.1, -0.05) is 25.4 Å². The summed E-state index contributed by atoms with van der Waals surface area (Å²) in [5.74, 6) is 3.27. The first-order chi connectivity index (χ1) is 8.13. The Balaban J connectivity index is 2.34. The van der Waals surface area contributed by atoms with Gasteiger partial charge in [-0.3, -0.25) is 0 Å². The zero-order valence-corrected chi connectivity index (χ0v) is 13.7. The lowest BCUT2D eigenvalue weighted by Gasteiger charge is -2.27. The van der Waals surface area contributed by atoms with Crippen LogP contribution in [-0.4, -0.2) is 26.7 Å². The minimum atomic E-state index is 0.365. The summed E-state index contributed by atoms with van der Waals surface area (Å²) in [6, 6.07) is 0. The SMILES string of the molecule is CCc1nc(C2SCCSC2C)nc(Cl)c1Br. The van der Waals surface area contributed by atoms with Crippen molar-refractivity contribution in [2.24, 2.45) is 0 Å². The summed E-state index contributed by atoms with van der Waals surface area (Å²) in [6.07, 6.45) is 0.870. The first-order valence-corrected chi connectivity index (χ1v) is 8.85. The normalized spacial score (nSPS) is 24.9. The Bertz CT molecular complexity index is 417. The van der Waals surface area contributed by atoms with Crippen molar-refractivity contribution in [2.45, 2.75) is 30.8 Å². The zero-order valence-electron chi connectivity index (χ0n) is 9.74. The fraction of sp³-hybridized carbons (Fsp3) is 0.636. The van der Waals surface area contributed by atoms with Crippen LogP contribution < -0.4 is 0 Å². The van der Waals surface area contributed by atoms with E-state index in [1.807, 2.05) is 23.5 Å². The molecular weight excluding hydrogens is 340 g/mol. The average molecular weight is 354 g/mol. The molecular formula is C11H14BrClN2S2. The first-order valence-electron chi connectivity index (χ1n) is 5.58. The third kappa shape index (κ3) is 3.11. The van der Waals surface area contributed by atoms with Gasteiger partial charge in [0.2, 0.25) is 0 Å². The van der Waals surface area contributed by atoms with Crippen molar-refractivity contribution in [1.82, 2.24) is 9.97 Å². The Labute approximate surface area is 124 Å². The Morgan fingerprint density at radius 2 is 2.06 bits per heavy atom. The van der Waals surface area contributed by atoms with Gasteiger partial charge < -0.3 is 0 Å². The molecule has 2 heterocycles. The topological polar surface area (TPSA) is 25.8 Å². The quantitative estimate of drug-likeness (QED) is 0.738. The van der Waals surface area contributed by atoms with Crippen LogP contribution in [0.15, 0.2) is 4.47 Å². The Hall–Kier alpha value is 0.550. The van der Waals surface area contributed by atoms with Crippen LogP contribution in [0.1, 0.15) is 30.6 Å². The Kier molecular flexibility index (Phi) is 5.04. The predicted molar refractivity (Wildman–Crippen MR) is 81.2 cm³/mol. The molecule has 0 aliphatic carbocycles. The van der Waals surface area contributed by atoms with Gasteiger partial charge in [0.1, 0.15) is 11.0 Å². The number of nitrogens with zero attached hydrogens (tertiary/aromatic N) is 2. The minimum absolute atomic E-state index is 0.365. The summed E-state index contributed by atoms with van der Waals surface area (Å²) in [5.41, 5.74) is 1.00. The number of halogens is 2. The second-order valence-corrected chi connectivity index (χ2v) is 7.74. The molecule has 2 rings (SSSR count). The van der Waals surface area contributed by atoms with E-state index in [0.29, 0.717) is 15.7 Å². The number of hydrogen-bond acceptors (Lipinski definition) is 4. The highest BCUT2D eigenvalue weighted by Crippen LogP contribution is 2.41. The zero-order chi connectivity index (χ0) is 12.4. The minimum Gasteiger partial charge on any atom is -0.235 e. The fourth-order valence-electron chi connectivity index (χ4n) is 1.76. The smallest absolute Gasteiger partial charge is 0.147 e. The van der Waals surface area contributed by atoms with Gasteiger partial charge in [-0.15, -0.1) is 11.8 Å². The van der Waals surface area contributed by atoms with Gasteiger partial charge in [-0.05, 0) is 22.4 Å². The van der Waals surface area contributed by atoms with Crippen LogP contribution in [0, 0.1) is 0 Å². The lowest BCUT2D eigenvalue weighted by atomic mass is 10.2. The molecule has 2 nitrogen and oxygen atoms in total. The van der Waals surface area contributed by atoms with Crippen molar-refractivity contribution in [2.75, 3.05) is 11.5 Å². The van der Waals surface area contributed by atoms with Gasteiger partial charge in [0.15, 0.2) is 0 Å². The highest BCUT2D eigenvalue weighted by atomic mass is 79.9. The molecule has 1 aromatic rings. The summed E-state index contributed by atoms with van der Waals surface area (Å²) in [7, 11) is 0. The highest BCUT2D eigenvalue weighted by molar-refractivity contribution is 9.10. The molecule has 0 aromatic carbocycles. The third-order valence-electron chi connectivity index (χ3n) is 2.67. The maximum absolute atomic E-state index is 6.15. The van der Waals surface area contributed by atoms with Crippen LogP contribution in [-0.2, 0) is 6.42 Å². The molecule has 0 N–H and O–H groups in total. The summed E-state index contributed by atoms with van der Waals surface area (Å²) >= 11 is 13.5. The standard InChI is InChI=1S/C11H14BrClN2S2/c1-3-7-8(12)10(13)15-11(14-7)9-6(2)16-4-5-17-9/h6,9H,3-5H2,1-2H3. The van der Waals surface area contributed by atoms with Gasteiger partial charge in [0, 0.05) is 16.8 Å². The number of thioether (sulfide) groups is 2. The van der Waals surface area contributed by atoms with E-state index >= 15 is 0 Å². The second kappa shape index (κ2) is 6.13. The fourth-order valence-corrected chi connectivity index (χ4v) is 5.10. The largest absolute Gasteiger partial charge is 0.235 e. The Morgan fingerprint density at radius 1 is 1.35 bits per heavy atom. The summed E-state index contributed by atoms with van der Waals surface area (Å²) in [4.78, 5) is 9.08.